The second kappa shape index (κ2) is 6.85. The van der Waals surface area contributed by atoms with Gasteiger partial charge in [-0.25, -0.2) is 4.98 Å². The predicted molar refractivity (Wildman–Crippen MR) is 79.5 cm³/mol. The molecule has 1 aliphatic heterocycles. The fourth-order valence-electron chi connectivity index (χ4n) is 3.48. The first-order valence-electron chi connectivity index (χ1n) is 8.03. The molecule has 1 saturated heterocycles. The van der Waals surface area contributed by atoms with E-state index >= 15 is 0 Å². The van der Waals surface area contributed by atoms with Gasteiger partial charge in [0.05, 0.1) is 6.10 Å². The van der Waals surface area contributed by atoms with E-state index in [4.69, 9.17) is 4.74 Å². The largest absolute Gasteiger partial charge is 0.468 e. The third-order valence-electron chi connectivity index (χ3n) is 4.97. The van der Waals surface area contributed by atoms with Crippen molar-refractivity contribution in [1.82, 2.24) is 10.3 Å². The lowest BCUT2D eigenvalue weighted by molar-refractivity contribution is -0.154. The second-order valence-corrected chi connectivity index (χ2v) is 6.44. The van der Waals surface area contributed by atoms with E-state index in [-0.39, 0.29) is 23.4 Å². The van der Waals surface area contributed by atoms with Gasteiger partial charge in [-0.1, -0.05) is 6.07 Å². The molecule has 8 heteroatoms. The molecule has 0 unspecified atom stereocenters. The van der Waals surface area contributed by atoms with Gasteiger partial charge in [0.25, 0.3) is 0 Å². The van der Waals surface area contributed by atoms with Crippen LogP contribution in [0.1, 0.15) is 24.8 Å². The summed E-state index contributed by atoms with van der Waals surface area (Å²) in [6, 6.07) is 3.35. The number of pyridine rings is 1. The van der Waals surface area contributed by atoms with Crippen molar-refractivity contribution in [3.63, 3.8) is 0 Å². The van der Waals surface area contributed by atoms with Crippen LogP contribution in [0.5, 0.6) is 5.88 Å². The van der Waals surface area contributed by atoms with Gasteiger partial charge < -0.3 is 19.9 Å². The lowest BCUT2D eigenvalue weighted by Gasteiger charge is -2.56. The molecular formula is C16H21F3N2O3. The first kappa shape index (κ1) is 17.4. The first-order chi connectivity index (χ1) is 11.4. The highest BCUT2D eigenvalue weighted by molar-refractivity contribution is 5.18. The Bertz CT molecular complexity index is 544. The predicted octanol–water partition coefficient (Wildman–Crippen LogP) is 2.04. The number of nitrogens with one attached hydrogen (secondary N) is 1. The zero-order valence-electron chi connectivity index (χ0n) is 13.2. The normalized spacial score (nSPS) is 26.2. The molecule has 2 atom stereocenters. The monoisotopic (exact) mass is 346 g/mol. The van der Waals surface area contributed by atoms with Crippen LogP contribution in [-0.2, 0) is 11.3 Å². The minimum Gasteiger partial charge on any atom is -0.468 e. The number of aromatic nitrogens is 1. The smallest absolute Gasteiger partial charge is 0.422 e. The Morgan fingerprint density at radius 3 is 2.67 bits per heavy atom. The lowest BCUT2D eigenvalue weighted by Crippen LogP contribution is -2.64. The molecule has 2 aliphatic rings. The van der Waals surface area contributed by atoms with Crippen molar-refractivity contribution in [1.29, 1.82) is 0 Å². The Morgan fingerprint density at radius 1 is 1.33 bits per heavy atom. The summed E-state index contributed by atoms with van der Waals surface area (Å²) in [5.74, 6) is -0.0453. The number of aliphatic hydroxyl groups is 1. The number of alkyl halides is 3. The van der Waals surface area contributed by atoms with Gasteiger partial charge in [0.1, 0.15) is 0 Å². The Hall–Kier alpha value is -1.38. The summed E-state index contributed by atoms with van der Waals surface area (Å²) in [5, 5.41) is 13.6. The Kier molecular flexibility index (Phi) is 4.98. The maximum atomic E-state index is 12.1. The molecule has 5 nitrogen and oxygen atoms in total. The van der Waals surface area contributed by atoms with Crippen molar-refractivity contribution in [3.8, 4) is 5.88 Å². The molecule has 0 radical (unpaired) electrons. The number of ether oxygens (including phenoxy) is 2. The van der Waals surface area contributed by atoms with Gasteiger partial charge >= 0.3 is 6.18 Å². The number of nitrogens with zero attached hydrogens (tertiary/aromatic N) is 1. The van der Waals surface area contributed by atoms with Gasteiger partial charge in [0, 0.05) is 43.5 Å². The van der Waals surface area contributed by atoms with Gasteiger partial charge in [0.15, 0.2) is 6.61 Å². The van der Waals surface area contributed by atoms with E-state index in [9.17, 15) is 18.3 Å². The highest BCUT2D eigenvalue weighted by atomic mass is 19.4. The van der Waals surface area contributed by atoms with Crippen molar-refractivity contribution in [2.45, 2.75) is 44.1 Å². The fourth-order valence-corrected chi connectivity index (χ4v) is 3.48. The van der Waals surface area contributed by atoms with Crippen molar-refractivity contribution in [2.24, 2.45) is 5.41 Å². The SMILES string of the molecule is O[C@@H]1C[C@@H](NCc2ccc(OCC(F)(F)F)nc2)C12CCOCC2. The van der Waals surface area contributed by atoms with Crippen LogP contribution in [0.25, 0.3) is 0 Å². The van der Waals surface area contributed by atoms with Crippen molar-refractivity contribution in [2.75, 3.05) is 19.8 Å². The van der Waals surface area contributed by atoms with E-state index < -0.39 is 12.8 Å². The summed E-state index contributed by atoms with van der Waals surface area (Å²) in [5.41, 5.74) is 0.750. The molecule has 1 spiro atoms. The summed E-state index contributed by atoms with van der Waals surface area (Å²) >= 11 is 0. The van der Waals surface area contributed by atoms with E-state index in [2.05, 4.69) is 15.0 Å². The summed E-state index contributed by atoms with van der Waals surface area (Å²) < 4.78 is 46.2. The summed E-state index contributed by atoms with van der Waals surface area (Å²) in [6.07, 6.45) is -0.770. The van der Waals surface area contributed by atoms with E-state index in [1.165, 1.54) is 12.3 Å². The van der Waals surface area contributed by atoms with Crippen LogP contribution in [-0.4, -0.2) is 48.2 Å². The zero-order valence-corrected chi connectivity index (χ0v) is 13.2. The van der Waals surface area contributed by atoms with Gasteiger partial charge in [-0.3, -0.25) is 0 Å². The van der Waals surface area contributed by atoms with Crippen LogP contribution in [0, 0.1) is 5.41 Å². The molecule has 0 aromatic carbocycles. The van der Waals surface area contributed by atoms with Crippen LogP contribution in [0.4, 0.5) is 13.2 Å². The van der Waals surface area contributed by atoms with Crippen molar-refractivity contribution in [3.05, 3.63) is 23.9 Å². The van der Waals surface area contributed by atoms with Crippen LogP contribution in [0.2, 0.25) is 0 Å². The standard InChI is InChI=1S/C16H21F3N2O3/c17-16(18,19)10-24-14-2-1-11(9-21-14)8-20-12-7-13(22)15(12)3-5-23-6-4-15/h1-2,9,12-13,20,22H,3-8,10H2/t12-,13-/m1/s1. The molecule has 1 aromatic heterocycles. The zero-order chi connectivity index (χ0) is 17.2. The van der Waals surface area contributed by atoms with Crippen molar-refractivity contribution < 1.29 is 27.8 Å². The van der Waals surface area contributed by atoms with E-state index in [0.29, 0.717) is 26.2 Å². The van der Waals surface area contributed by atoms with Crippen LogP contribution in [0.3, 0.4) is 0 Å². The molecule has 1 saturated carbocycles. The highest BCUT2D eigenvalue weighted by Gasteiger charge is 2.54. The molecule has 2 fully saturated rings. The molecule has 0 bridgehead atoms. The molecule has 134 valence electrons. The van der Waals surface area contributed by atoms with Crippen molar-refractivity contribution >= 4 is 0 Å². The summed E-state index contributed by atoms with van der Waals surface area (Å²) in [6.45, 7) is 0.540. The molecule has 2 N–H and O–H groups in total. The Balaban J connectivity index is 1.50. The van der Waals surface area contributed by atoms with E-state index in [1.54, 1.807) is 6.07 Å². The number of aliphatic hydroxyl groups excluding tert-OH is 1. The maximum absolute atomic E-state index is 12.1. The average molecular weight is 346 g/mol. The maximum Gasteiger partial charge on any atom is 0.422 e. The topological polar surface area (TPSA) is 63.6 Å². The lowest BCUT2D eigenvalue weighted by atomic mass is 9.58. The molecule has 2 heterocycles. The molecule has 24 heavy (non-hydrogen) atoms. The van der Waals surface area contributed by atoms with E-state index in [0.717, 1.165) is 18.4 Å². The van der Waals surface area contributed by atoms with Gasteiger partial charge in [-0.15, -0.1) is 0 Å². The number of hydrogen-bond donors (Lipinski definition) is 2. The molecule has 1 aromatic rings. The Labute approximate surface area is 138 Å². The first-order valence-corrected chi connectivity index (χ1v) is 8.03. The van der Waals surface area contributed by atoms with Crippen LogP contribution < -0.4 is 10.1 Å². The Morgan fingerprint density at radius 2 is 2.08 bits per heavy atom. The molecule has 1 aliphatic carbocycles. The van der Waals surface area contributed by atoms with E-state index in [1.807, 2.05) is 0 Å². The third kappa shape index (κ3) is 3.81. The number of rotatable bonds is 5. The summed E-state index contributed by atoms with van der Waals surface area (Å²) in [4.78, 5) is 3.89. The van der Waals surface area contributed by atoms with Gasteiger partial charge in [-0.2, -0.15) is 13.2 Å². The van der Waals surface area contributed by atoms with Gasteiger partial charge in [-0.05, 0) is 24.8 Å². The fraction of sp³-hybridized carbons (Fsp3) is 0.688. The van der Waals surface area contributed by atoms with Crippen LogP contribution >= 0.6 is 0 Å². The van der Waals surface area contributed by atoms with Crippen LogP contribution in [0.15, 0.2) is 18.3 Å². The number of halogens is 3. The van der Waals surface area contributed by atoms with Gasteiger partial charge in [0.2, 0.25) is 5.88 Å². The highest BCUT2D eigenvalue weighted by Crippen LogP contribution is 2.49. The quantitative estimate of drug-likeness (QED) is 0.854. The molecule has 3 rings (SSSR count). The number of hydrogen-bond acceptors (Lipinski definition) is 5. The minimum absolute atomic E-state index is 0.0453. The second-order valence-electron chi connectivity index (χ2n) is 6.44. The third-order valence-corrected chi connectivity index (χ3v) is 4.97. The average Bonchev–Trinajstić information content (AvgIpc) is 2.57. The summed E-state index contributed by atoms with van der Waals surface area (Å²) in [7, 11) is 0. The molecule has 0 amide bonds. The molecular weight excluding hydrogens is 325 g/mol. The minimum atomic E-state index is -4.37.